The van der Waals surface area contributed by atoms with E-state index in [9.17, 15) is 19.2 Å². The summed E-state index contributed by atoms with van der Waals surface area (Å²) < 4.78 is 0. The molecule has 1 aliphatic rings. The highest BCUT2D eigenvalue weighted by molar-refractivity contribution is 5.79. The van der Waals surface area contributed by atoms with Gasteiger partial charge in [-0.25, -0.2) is 0 Å². The maximum Gasteiger partial charge on any atom is 0.220 e. The summed E-state index contributed by atoms with van der Waals surface area (Å²) in [5.74, 6) is -0.326. The Morgan fingerprint density at radius 1 is 0.615 bits per heavy atom. The molecule has 8 nitrogen and oxygen atoms in total. The van der Waals surface area contributed by atoms with Crippen LogP contribution in [0.15, 0.2) is 0 Å². The van der Waals surface area contributed by atoms with Crippen LogP contribution in [0.2, 0.25) is 0 Å². The van der Waals surface area contributed by atoms with Crippen LogP contribution in [0.25, 0.3) is 0 Å². The fraction of sp³-hybridized carbons (Fsp3) is 0.778. The zero-order valence-electron chi connectivity index (χ0n) is 15.9. The molecule has 0 spiro atoms. The second kappa shape index (κ2) is 12.3. The topological polar surface area (TPSA) is 116 Å². The Kier molecular flexibility index (Phi) is 10.3. The van der Waals surface area contributed by atoms with E-state index >= 15 is 0 Å². The van der Waals surface area contributed by atoms with Gasteiger partial charge in [0.15, 0.2) is 0 Å². The molecular weight excluding hydrogens is 336 g/mol. The molecule has 26 heavy (non-hydrogen) atoms. The molecule has 148 valence electrons. The van der Waals surface area contributed by atoms with Gasteiger partial charge in [-0.2, -0.15) is 0 Å². The first-order valence-electron chi connectivity index (χ1n) is 9.49. The minimum Gasteiger partial charge on any atom is -0.356 e. The highest BCUT2D eigenvalue weighted by Crippen LogP contribution is 2.01. The number of rotatable bonds is 0. The van der Waals surface area contributed by atoms with Crippen molar-refractivity contribution in [2.75, 3.05) is 13.1 Å². The molecule has 1 heterocycles. The average Bonchev–Trinajstić information content (AvgIpc) is 2.53. The van der Waals surface area contributed by atoms with E-state index in [1.807, 2.05) is 13.8 Å². The quantitative estimate of drug-likeness (QED) is 0.494. The maximum atomic E-state index is 11.8. The Labute approximate surface area is 155 Å². The third kappa shape index (κ3) is 10.7. The third-order valence-electron chi connectivity index (χ3n) is 4.23. The van der Waals surface area contributed by atoms with E-state index in [1.54, 1.807) is 0 Å². The second-order valence-corrected chi connectivity index (χ2v) is 6.92. The summed E-state index contributed by atoms with van der Waals surface area (Å²) in [5, 5.41) is 11.3. The first-order valence-corrected chi connectivity index (χ1v) is 9.49. The first-order chi connectivity index (χ1) is 12.4. The van der Waals surface area contributed by atoms with E-state index in [0.717, 1.165) is 0 Å². The summed E-state index contributed by atoms with van der Waals surface area (Å²) in [6.45, 7) is 4.72. The van der Waals surface area contributed by atoms with E-state index in [-0.39, 0.29) is 35.7 Å². The summed E-state index contributed by atoms with van der Waals surface area (Å²) in [6, 6.07) is -0.0935. The van der Waals surface area contributed by atoms with Gasteiger partial charge in [0, 0.05) is 50.9 Å². The SMILES string of the molecule is CC1CCNC(=O)CCCC(=O)NC(C)CCNC(=O)CCCC(=O)N1. The van der Waals surface area contributed by atoms with Gasteiger partial charge in [-0.1, -0.05) is 0 Å². The molecule has 4 amide bonds. The predicted octanol–water partition coefficient (Wildman–Crippen LogP) is 0.363. The van der Waals surface area contributed by atoms with Gasteiger partial charge in [-0.05, 0) is 39.5 Å². The van der Waals surface area contributed by atoms with Gasteiger partial charge >= 0.3 is 0 Å². The van der Waals surface area contributed by atoms with Crippen molar-refractivity contribution in [1.29, 1.82) is 0 Å². The zero-order valence-corrected chi connectivity index (χ0v) is 15.9. The summed E-state index contributed by atoms with van der Waals surface area (Å²) in [6.07, 6.45) is 3.47. The van der Waals surface area contributed by atoms with Crippen molar-refractivity contribution in [2.45, 2.75) is 77.3 Å². The van der Waals surface area contributed by atoms with Crippen molar-refractivity contribution in [2.24, 2.45) is 0 Å². The largest absolute Gasteiger partial charge is 0.356 e. The van der Waals surface area contributed by atoms with Gasteiger partial charge in [0.2, 0.25) is 23.6 Å². The van der Waals surface area contributed by atoms with Crippen LogP contribution >= 0.6 is 0 Å². The van der Waals surface area contributed by atoms with Crippen molar-refractivity contribution in [1.82, 2.24) is 21.3 Å². The van der Waals surface area contributed by atoms with E-state index in [1.165, 1.54) is 0 Å². The minimum atomic E-state index is -0.0820. The molecule has 0 aromatic carbocycles. The summed E-state index contributed by atoms with van der Waals surface area (Å²) >= 11 is 0. The van der Waals surface area contributed by atoms with Crippen LogP contribution in [-0.4, -0.2) is 48.8 Å². The summed E-state index contributed by atoms with van der Waals surface area (Å²) in [4.78, 5) is 47.2. The van der Waals surface area contributed by atoms with Crippen LogP contribution in [0.4, 0.5) is 0 Å². The molecule has 1 fully saturated rings. The van der Waals surface area contributed by atoms with Crippen LogP contribution in [0, 0.1) is 0 Å². The van der Waals surface area contributed by atoms with Crippen molar-refractivity contribution in [3.63, 3.8) is 0 Å². The predicted molar refractivity (Wildman–Crippen MR) is 98.2 cm³/mol. The van der Waals surface area contributed by atoms with Gasteiger partial charge < -0.3 is 21.3 Å². The fourth-order valence-corrected chi connectivity index (χ4v) is 2.69. The molecule has 1 saturated heterocycles. The molecule has 0 aromatic rings. The smallest absolute Gasteiger partial charge is 0.220 e. The molecular formula is C18H32N4O4. The van der Waals surface area contributed by atoms with Crippen LogP contribution in [0.1, 0.15) is 65.2 Å². The minimum absolute atomic E-state index is 0.0468. The molecule has 2 atom stereocenters. The molecule has 0 aliphatic carbocycles. The highest BCUT2D eigenvalue weighted by atomic mass is 16.2. The number of carbonyl (C=O) groups is 4. The van der Waals surface area contributed by atoms with Gasteiger partial charge in [-0.15, -0.1) is 0 Å². The number of carbonyl (C=O) groups excluding carboxylic acids is 4. The fourth-order valence-electron chi connectivity index (χ4n) is 2.69. The summed E-state index contributed by atoms with van der Waals surface area (Å²) in [5.41, 5.74) is 0. The zero-order chi connectivity index (χ0) is 19.4. The second-order valence-electron chi connectivity index (χ2n) is 6.92. The Morgan fingerprint density at radius 3 is 1.35 bits per heavy atom. The van der Waals surface area contributed by atoms with Crippen molar-refractivity contribution in [3.05, 3.63) is 0 Å². The van der Waals surface area contributed by atoms with Gasteiger partial charge in [0.25, 0.3) is 0 Å². The molecule has 0 saturated carbocycles. The standard InChI is InChI=1S/C18H32N4O4/c1-13-9-11-19-15(23)6-4-8-18(26)22-14(2)10-12-20-16(24)5-3-7-17(25)21-13/h13-14H,3-12H2,1-2H3,(H,19,23)(H,20,24)(H,21,25)(H,22,26). The van der Waals surface area contributed by atoms with E-state index in [0.29, 0.717) is 64.5 Å². The van der Waals surface area contributed by atoms with Crippen LogP contribution in [0.5, 0.6) is 0 Å². The molecule has 0 aromatic heterocycles. The third-order valence-corrected chi connectivity index (χ3v) is 4.23. The average molecular weight is 368 g/mol. The summed E-state index contributed by atoms with van der Waals surface area (Å²) in [7, 11) is 0. The lowest BCUT2D eigenvalue weighted by Gasteiger charge is -2.16. The lowest BCUT2D eigenvalue weighted by Crippen LogP contribution is -2.37. The van der Waals surface area contributed by atoms with Gasteiger partial charge in [0.05, 0.1) is 0 Å². The van der Waals surface area contributed by atoms with E-state index in [4.69, 9.17) is 0 Å². The van der Waals surface area contributed by atoms with Crippen LogP contribution < -0.4 is 21.3 Å². The maximum absolute atomic E-state index is 11.8. The monoisotopic (exact) mass is 368 g/mol. The lowest BCUT2D eigenvalue weighted by molar-refractivity contribution is -0.123. The van der Waals surface area contributed by atoms with Gasteiger partial charge in [-0.3, -0.25) is 19.2 Å². The number of nitrogens with one attached hydrogen (secondary N) is 4. The number of hydrogen-bond donors (Lipinski definition) is 4. The van der Waals surface area contributed by atoms with E-state index in [2.05, 4.69) is 21.3 Å². The Bertz CT molecular complexity index is 452. The van der Waals surface area contributed by atoms with Crippen LogP contribution in [-0.2, 0) is 19.2 Å². The van der Waals surface area contributed by atoms with Crippen molar-refractivity contribution >= 4 is 23.6 Å². The number of amides is 4. The Morgan fingerprint density at radius 2 is 0.962 bits per heavy atom. The van der Waals surface area contributed by atoms with Crippen LogP contribution in [0.3, 0.4) is 0 Å². The molecule has 0 radical (unpaired) electrons. The van der Waals surface area contributed by atoms with Crippen molar-refractivity contribution in [3.8, 4) is 0 Å². The molecule has 1 rings (SSSR count). The molecule has 4 N–H and O–H groups in total. The normalized spacial score (nSPS) is 26.1. The Balaban J connectivity index is 2.49. The lowest BCUT2D eigenvalue weighted by atomic mass is 10.1. The molecule has 0 bridgehead atoms. The molecule has 8 heteroatoms. The Hall–Kier alpha value is -2.12. The highest BCUT2D eigenvalue weighted by Gasteiger charge is 2.12. The van der Waals surface area contributed by atoms with E-state index < -0.39 is 0 Å². The molecule has 1 aliphatic heterocycles. The number of hydrogen-bond acceptors (Lipinski definition) is 4. The van der Waals surface area contributed by atoms with Gasteiger partial charge in [0.1, 0.15) is 0 Å². The molecule has 2 unspecified atom stereocenters. The van der Waals surface area contributed by atoms with Crippen molar-refractivity contribution < 1.29 is 19.2 Å². The first kappa shape index (κ1) is 21.9.